The molecule has 7 atom stereocenters. The molecule has 4 N–H and O–H groups in total. The maximum absolute atomic E-state index is 13.8. The van der Waals surface area contributed by atoms with E-state index in [1.165, 1.54) is 12.8 Å². The summed E-state index contributed by atoms with van der Waals surface area (Å²) in [5.41, 5.74) is 2.71. The van der Waals surface area contributed by atoms with Gasteiger partial charge in [-0.2, -0.15) is 0 Å². The van der Waals surface area contributed by atoms with Gasteiger partial charge in [0, 0.05) is 35.3 Å². The van der Waals surface area contributed by atoms with Crippen LogP contribution in [0.4, 0.5) is 10.5 Å². The SMILES string of the molecule is CCOC(=O)CNC(=O)Nc1cccc([C@@H]2O[C@H](CN3[C@@H](C(=O)NC(C)(C)C)CC[C@H]4CCCC[C@H]43)[C@H](C)[C@H](c3ccc(CO)cc3)O2)c1. The number of aliphatic hydroxyl groups is 1. The molecular formula is C38H54N4O7. The van der Waals surface area contributed by atoms with Crippen molar-refractivity contribution in [1.82, 2.24) is 15.5 Å². The van der Waals surface area contributed by atoms with Gasteiger partial charge in [-0.1, -0.05) is 56.2 Å². The third-order valence-corrected chi connectivity index (χ3v) is 9.94. The molecule has 2 aromatic carbocycles. The number of carbonyl (C=O) groups excluding carboxylic acids is 3. The number of amides is 3. The van der Waals surface area contributed by atoms with E-state index < -0.39 is 18.3 Å². The number of aliphatic hydroxyl groups excluding tert-OH is 1. The number of rotatable bonds is 10. The Morgan fingerprint density at radius 3 is 2.45 bits per heavy atom. The van der Waals surface area contributed by atoms with Crippen molar-refractivity contribution in [3.05, 3.63) is 65.2 Å². The van der Waals surface area contributed by atoms with Crippen LogP contribution >= 0.6 is 0 Å². The Labute approximate surface area is 290 Å². The largest absolute Gasteiger partial charge is 0.465 e. The second-order valence-electron chi connectivity index (χ2n) is 14.7. The van der Waals surface area contributed by atoms with E-state index in [1.807, 2.05) is 63.2 Å². The van der Waals surface area contributed by atoms with Crippen molar-refractivity contribution >= 4 is 23.6 Å². The highest BCUT2D eigenvalue weighted by Gasteiger charge is 2.46. The molecule has 2 heterocycles. The van der Waals surface area contributed by atoms with Crippen LogP contribution in [0.5, 0.6) is 0 Å². The fourth-order valence-corrected chi connectivity index (χ4v) is 7.57. The van der Waals surface area contributed by atoms with Gasteiger partial charge in [-0.05, 0) is 82.6 Å². The van der Waals surface area contributed by atoms with E-state index in [1.54, 1.807) is 13.0 Å². The molecule has 0 aromatic heterocycles. The number of anilines is 1. The van der Waals surface area contributed by atoms with Crippen molar-refractivity contribution in [3.8, 4) is 0 Å². The molecule has 0 bridgehead atoms. The van der Waals surface area contributed by atoms with Crippen molar-refractivity contribution in [2.75, 3.05) is 25.0 Å². The van der Waals surface area contributed by atoms with Gasteiger partial charge in [0.2, 0.25) is 5.91 Å². The number of nitrogens with zero attached hydrogens (tertiary/aromatic N) is 1. The molecule has 0 spiro atoms. The van der Waals surface area contributed by atoms with Crippen LogP contribution in [0.3, 0.4) is 0 Å². The summed E-state index contributed by atoms with van der Waals surface area (Å²) in [6.45, 7) is 10.5. The van der Waals surface area contributed by atoms with Gasteiger partial charge in [0.05, 0.1) is 31.5 Å². The summed E-state index contributed by atoms with van der Waals surface area (Å²) in [4.78, 5) is 40.5. The summed E-state index contributed by atoms with van der Waals surface area (Å²) in [6, 6.07) is 14.7. The van der Waals surface area contributed by atoms with E-state index in [4.69, 9.17) is 14.2 Å². The maximum Gasteiger partial charge on any atom is 0.325 e. The Hall–Kier alpha value is -3.51. The zero-order valence-corrected chi connectivity index (χ0v) is 29.6. The lowest BCUT2D eigenvalue weighted by Crippen LogP contribution is -2.61. The fourth-order valence-electron chi connectivity index (χ4n) is 7.57. The van der Waals surface area contributed by atoms with Crippen LogP contribution < -0.4 is 16.0 Å². The molecular weight excluding hydrogens is 624 g/mol. The predicted octanol–water partition coefficient (Wildman–Crippen LogP) is 5.59. The first-order valence-corrected chi connectivity index (χ1v) is 17.8. The van der Waals surface area contributed by atoms with Gasteiger partial charge < -0.3 is 35.3 Å². The average Bonchev–Trinajstić information content (AvgIpc) is 3.08. The van der Waals surface area contributed by atoms with Crippen molar-refractivity contribution in [3.63, 3.8) is 0 Å². The van der Waals surface area contributed by atoms with Crippen molar-refractivity contribution in [2.45, 2.75) is 116 Å². The monoisotopic (exact) mass is 678 g/mol. The van der Waals surface area contributed by atoms with Crippen LogP contribution in [-0.4, -0.2) is 71.3 Å². The average molecular weight is 679 g/mol. The molecule has 49 heavy (non-hydrogen) atoms. The number of nitrogens with one attached hydrogen (secondary N) is 3. The molecule has 1 aliphatic carbocycles. The number of esters is 1. The second-order valence-corrected chi connectivity index (χ2v) is 14.7. The van der Waals surface area contributed by atoms with Gasteiger partial charge in [0.25, 0.3) is 0 Å². The quantitative estimate of drug-likeness (QED) is 0.239. The van der Waals surface area contributed by atoms with Crippen molar-refractivity contribution in [2.24, 2.45) is 11.8 Å². The first kappa shape index (κ1) is 36.8. The third-order valence-electron chi connectivity index (χ3n) is 9.94. The Morgan fingerprint density at radius 1 is 0.980 bits per heavy atom. The third kappa shape index (κ3) is 9.60. The van der Waals surface area contributed by atoms with Crippen LogP contribution in [0.15, 0.2) is 48.5 Å². The van der Waals surface area contributed by atoms with Gasteiger partial charge in [0.1, 0.15) is 6.54 Å². The molecule has 5 rings (SSSR count). The minimum atomic E-state index is -0.748. The smallest absolute Gasteiger partial charge is 0.325 e. The number of likely N-dealkylation sites (tertiary alicyclic amines) is 1. The number of carbonyl (C=O) groups is 3. The fraction of sp³-hybridized carbons (Fsp3) is 0.605. The molecule has 0 radical (unpaired) electrons. The highest BCUT2D eigenvalue weighted by molar-refractivity contribution is 5.91. The van der Waals surface area contributed by atoms with Gasteiger partial charge in [-0.15, -0.1) is 0 Å². The maximum atomic E-state index is 13.8. The molecule has 0 unspecified atom stereocenters. The van der Waals surface area contributed by atoms with Crippen molar-refractivity contribution in [1.29, 1.82) is 0 Å². The Balaban J connectivity index is 1.41. The van der Waals surface area contributed by atoms with E-state index in [0.717, 1.165) is 42.4 Å². The standard InChI is InChI=1S/C38H54N4O7/c1-6-47-33(44)21-39-37(46)40-29-12-9-11-28(20-29)36-48-32(24(2)34(49-36)27-16-14-25(23-43)15-17-27)22-42-30-13-8-7-10-26(30)18-19-31(42)35(45)41-38(3,4)5/h9,11-12,14-17,20,24,26,30-32,34,36,43H,6-8,10,13,18-19,21-23H2,1-5H3,(H,41,45)(H2,39,40,46)/t24-,26+,30+,31+,32+,34+,36+/m0/s1. The lowest BCUT2D eigenvalue weighted by atomic mass is 9.75. The lowest BCUT2D eigenvalue weighted by Gasteiger charge is -2.51. The summed E-state index contributed by atoms with van der Waals surface area (Å²) in [6.07, 6.45) is 5.19. The topological polar surface area (TPSA) is 138 Å². The summed E-state index contributed by atoms with van der Waals surface area (Å²) in [5, 5.41) is 18.2. The van der Waals surface area contributed by atoms with E-state index in [9.17, 15) is 19.5 Å². The molecule has 268 valence electrons. The van der Waals surface area contributed by atoms with E-state index >= 15 is 0 Å². The predicted molar refractivity (Wildman–Crippen MR) is 186 cm³/mol. The lowest BCUT2D eigenvalue weighted by molar-refractivity contribution is -0.278. The number of hydrogen-bond donors (Lipinski definition) is 4. The second kappa shape index (κ2) is 16.5. The van der Waals surface area contributed by atoms with Gasteiger partial charge in [0.15, 0.2) is 6.29 Å². The van der Waals surface area contributed by atoms with Gasteiger partial charge in [-0.25, -0.2) is 4.79 Å². The van der Waals surface area contributed by atoms with Gasteiger partial charge >= 0.3 is 12.0 Å². The van der Waals surface area contributed by atoms with E-state index in [0.29, 0.717) is 24.2 Å². The van der Waals surface area contributed by atoms with Crippen LogP contribution in [-0.2, 0) is 30.4 Å². The molecule has 2 aromatic rings. The summed E-state index contributed by atoms with van der Waals surface area (Å²) >= 11 is 0. The molecule has 11 nitrogen and oxygen atoms in total. The number of fused-ring (bicyclic) bond motifs is 1. The summed E-state index contributed by atoms with van der Waals surface area (Å²) in [7, 11) is 0. The highest BCUT2D eigenvalue weighted by atomic mass is 16.7. The zero-order valence-electron chi connectivity index (χ0n) is 29.6. The summed E-state index contributed by atoms with van der Waals surface area (Å²) < 4.78 is 18.4. The molecule has 11 heteroatoms. The minimum Gasteiger partial charge on any atom is -0.465 e. The normalized spacial score (nSPS) is 27.4. The Morgan fingerprint density at radius 2 is 1.73 bits per heavy atom. The van der Waals surface area contributed by atoms with Gasteiger partial charge in [-0.3, -0.25) is 14.5 Å². The van der Waals surface area contributed by atoms with E-state index in [2.05, 4.69) is 27.8 Å². The van der Waals surface area contributed by atoms with Crippen LogP contribution in [0.1, 0.15) is 102 Å². The van der Waals surface area contributed by atoms with Crippen LogP contribution in [0, 0.1) is 11.8 Å². The molecule has 3 amide bonds. The number of piperidine rings is 1. The number of benzene rings is 2. The number of hydrogen-bond acceptors (Lipinski definition) is 8. The first-order chi connectivity index (χ1) is 23.5. The van der Waals surface area contributed by atoms with Crippen molar-refractivity contribution < 1.29 is 33.7 Å². The van der Waals surface area contributed by atoms with Crippen LogP contribution in [0.2, 0.25) is 0 Å². The Bertz CT molecular complexity index is 1430. The minimum absolute atomic E-state index is 0.0432. The molecule has 3 fully saturated rings. The molecule has 2 saturated heterocycles. The van der Waals surface area contributed by atoms with E-state index in [-0.39, 0.29) is 55.4 Å². The number of ether oxygens (including phenoxy) is 3. The number of urea groups is 1. The highest BCUT2D eigenvalue weighted by Crippen LogP contribution is 2.44. The molecule has 1 saturated carbocycles. The Kier molecular flexibility index (Phi) is 12.4. The van der Waals surface area contributed by atoms with Crippen LogP contribution in [0.25, 0.3) is 0 Å². The molecule has 2 aliphatic heterocycles. The molecule has 3 aliphatic rings. The first-order valence-electron chi connectivity index (χ1n) is 17.8. The summed E-state index contributed by atoms with van der Waals surface area (Å²) in [5.74, 6) is 0.0726. The zero-order chi connectivity index (χ0) is 35.1.